The maximum Gasteiger partial charge on any atom is 0.249 e. The summed E-state index contributed by atoms with van der Waals surface area (Å²) in [6.07, 6.45) is 4.95. The summed E-state index contributed by atoms with van der Waals surface area (Å²) in [6, 6.07) is 8.48. The van der Waals surface area contributed by atoms with E-state index in [1.807, 2.05) is 42.2 Å². The highest BCUT2D eigenvalue weighted by Gasteiger charge is 2.80. The number of aliphatic hydroxyl groups is 1. The zero-order valence-corrected chi connectivity index (χ0v) is 27.1. The molecule has 236 valence electrons. The van der Waals surface area contributed by atoms with Crippen LogP contribution in [0.3, 0.4) is 0 Å². The van der Waals surface area contributed by atoms with Crippen molar-refractivity contribution < 1.29 is 24.2 Å². The molecule has 3 aliphatic rings. The van der Waals surface area contributed by atoms with Crippen LogP contribution in [0.4, 0.5) is 5.69 Å². The van der Waals surface area contributed by atoms with E-state index in [1.165, 1.54) is 0 Å². The lowest BCUT2D eigenvalue weighted by Crippen LogP contribution is -2.61. The van der Waals surface area contributed by atoms with Crippen molar-refractivity contribution in [2.75, 3.05) is 31.1 Å². The minimum absolute atomic E-state index is 0.0556. The summed E-state index contributed by atoms with van der Waals surface area (Å²) in [5.41, 5.74) is -1.97. The van der Waals surface area contributed by atoms with Gasteiger partial charge in [0.05, 0.1) is 17.4 Å². The summed E-state index contributed by atoms with van der Waals surface area (Å²) in [7, 11) is 0. The van der Waals surface area contributed by atoms with Gasteiger partial charge in [0, 0.05) is 37.5 Å². The zero-order chi connectivity index (χ0) is 32.0. The molecule has 0 saturated carbocycles. The normalized spacial score (nSPS) is 29.9. The first-order valence-corrected chi connectivity index (χ1v) is 15.6. The molecule has 3 saturated heterocycles. The van der Waals surface area contributed by atoms with Crippen LogP contribution in [0.2, 0.25) is 0 Å². The van der Waals surface area contributed by atoms with Gasteiger partial charge in [-0.25, -0.2) is 0 Å². The second-order valence-corrected chi connectivity index (χ2v) is 14.7. The average molecular weight is 594 g/mol. The van der Waals surface area contributed by atoms with Gasteiger partial charge in [-0.3, -0.25) is 14.4 Å². The highest BCUT2D eigenvalue weighted by molar-refractivity contribution is 6.03. The van der Waals surface area contributed by atoms with Gasteiger partial charge >= 0.3 is 0 Å². The third-order valence-corrected chi connectivity index (χ3v) is 9.79. The minimum Gasteiger partial charge on any atom is -0.396 e. The van der Waals surface area contributed by atoms with Gasteiger partial charge in [-0.2, -0.15) is 0 Å². The number of ether oxygens (including phenoxy) is 1. The fourth-order valence-electron chi connectivity index (χ4n) is 8.41. The number of aliphatic hydroxyl groups excluding tert-OH is 1. The van der Waals surface area contributed by atoms with E-state index in [0.717, 1.165) is 12.1 Å². The lowest BCUT2D eigenvalue weighted by molar-refractivity contribution is -0.156. The van der Waals surface area contributed by atoms with Gasteiger partial charge in [0.25, 0.3) is 0 Å². The van der Waals surface area contributed by atoms with Crippen LogP contribution in [0.15, 0.2) is 55.6 Å². The standard InChI is InChI=1S/C35H51N3O5/c1-10-18-36(25-16-13-12-14-17-25)29(40)26-27-30(41)37(20-15-21-39)28(35(27)22-24(3)34(26,9)43-35)31(42)38(19-11-2)33(7,8)23-32(4,5)6/h10-14,16-17,24,26-28,39H,1-2,15,18-23H2,3-9H3/t24?,26-,27-,28?,34+,35?/m0/s1. The molecule has 1 aromatic rings. The Morgan fingerprint density at radius 3 is 2.28 bits per heavy atom. The predicted molar refractivity (Wildman–Crippen MR) is 169 cm³/mol. The average Bonchev–Trinajstić information content (AvgIpc) is 3.43. The number of benzene rings is 1. The van der Waals surface area contributed by atoms with Crippen LogP contribution in [0.25, 0.3) is 0 Å². The van der Waals surface area contributed by atoms with Crippen LogP contribution in [-0.2, 0) is 19.1 Å². The van der Waals surface area contributed by atoms with Crippen molar-refractivity contribution in [3.05, 3.63) is 55.6 Å². The van der Waals surface area contributed by atoms with Crippen molar-refractivity contribution in [1.29, 1.82) is 0 Å². The summed E-state index contributed by atoms with van der Waals surface area (Å²) in [4.78, 5) is 49.1. The third kappa shape index (κ3) is 5.57. The van der Waals surface area contributed by atoms with E-state index in [9.17, 15) is 19.5 Å². The maximum atomic E-state index is 14.9. The second kappa shape index (κ2) is 11.8. The Labute approximate surface area is 257 Å². The molecule has 3 unspecified atom stereocenters. The molecule has 6 atom stereocenters. The fraction of sp³-hybridized carbons (Fsp3) is 0.629. The Kier molecular flexibility index (Phi) is 9.07. The Bertz CT molecular complexity index is 1240. The summed E-state index contributed by atoms with van der Waals surface area (Å²) in [6.45, 7) is 23.0. The van der Waals surface area contributed by atoms with E-state index < -0.39 is 34.6 Å². The lowest BCUT2D eigenvalue weighted by atomic mass is 9.62. The minimum atomic E-state index is -1.16. The van der Waals surface area contributed by atoms with Crippen molar-refractivity contribution in [2.24, 2.45) is 23.2 Å². The molecular formula is C35H51N3O5. The molecule has 3 aliphatic heterocycles. The first-order valence-electron chi connectivity index (χ1n) is 15.6. The van der Waals surface area contributed by atoms with Crippen LogP contribution >= 0.6 is 0 Å². The fourth-order valence-corrected chi connectivity index (χ4v) is 8.41. The number of hydrogen-bond donors (Lipinski definition) is 1. The van der Waals surface area contributed by atoms with Crippen LogP contribution in [0.1, 0.15) is 67.7 Å². The first-order chi connectivity index (χ1) is 20.1. The molecule has 3 heterocycles. The Morgan fingerprint density at radius 1 is 1.09 bits per heavy atom. The number of hydrogen-bond acceptors (Lipinski definition) is 5. The zero-order valence-electron chi connectivity index (χ0n) is 27.1. The molecular weight excluding hydrogens is 542 g/mol. The molecule has 2 bridgehead atoms. The SMILES string of the molecule is C=CCN(C(=O)[C@@H]1[C@H]2C(=O)N(CCCO)C(C(=O)N(CC=C)C(C)(C)CC(C)(C)C)C23CC(C)[C@@]1(C)O3)c1ccccc1. The molecule has 1 aromatic carbocycles. The number of likely N-dealkylation sites (tertiary alicyclic amines) is 1. The molecule has 4 rings (SSSR count). The van der Waals surface area contributed by atoms with Crippen LogP contribution in [-0.4, -0.2) is 81.7 Å². The second-order valence-electron chi connectivity index (χ2n) is 14.7. The number of fused-ring (bicyclic) bond motifs is 1. The number of carbonyl (C=O) groups is 3. The topological polar surface area (TPSA) is 90.4 Å². The molecule has 1 N–H and O–H groups in total. The third-order valence-electron chi connectivity index (χ3n) is 9.79. The van der Waals surface area contributed by atoms with E-state index in [4.69, 9.17) is 4.74 Å². The van der Waals surface area contributed by atoms with Gasteiger partial charge in [0.2, 0.25) is 17.7 Å². The molecule has 3 fully saturated rings. The molecule has 8 heteroatoms. The molecule has 0 radical (unpaired) electrons. The van der Waals surface area contributed by atoms with E-state index in [0.29, 0.717) is 19.4 Å². The van der Waals surface area contributed by atoms with Gasteiger partial charge in [-0.05, 0) is 63.5 Å². The van der Waals surface area contributed by atoms with E-state index in [1.54, 1.807) is 22.0 Å². The van der Waals surface area contributed by atoms with Crippen molar-refractivity contribution in [2.45, 2.75) is 90.5 Å². The molecule has 1 spiro atoms. The smallest absolute Gasteiger partial charge is 0.249 e. The highest BCUT2D eigenvalue weighted by atomic mass is 16.5. The van der Waals surface area contributed by atoms with Crippen molar-refractivity contribution in [3.63, 3.8) is 0 Å². The number of rotatable bonds is 12. The Morgan fingerprint density at radius 2 is 1.72 bits per heavy atom. The number of amides is 3. The van der Waals surface area contributed by atoms with Gasteiger partial charge in [-0.15, -0.1) is 13.2 Å². The monoisotopic (exact) mass is 593 g/mol. The number of carbonyl (C=O) groups excluding carboxylic acids is 3. The van der Waals surface area contributed by atoms with Gasteiger partial charge in [0.1, 0.15) is 11.6 Å². The largest absolute Gasteiger partial charge is 0.396 e. The lowest BCUT2D eigenvalue weighted by Gasteiger charge is -2.45. The number of nitrogens with zero attached hydrogens (tertiary/aromatic N) is 3. The highest BCUT2D eigenvalue weighted by Crippen LogP contribution is 2.65. The quantitative estimate of drug-likeness (QED) is 0.351. The van der Waals surface area contributed by atoms with Crippen molar-refractivity contribution >= 4 is 23.4 Å². The van der Waals surface area contributed by atoms with Crippen molar-refractivity contribution in [3.8, 4) is 0 Å². The number of anilines is 1. The summed E-state index contributed by atoms with van der Waals surface area (Å²) in [5, 5.41) is 9.75. The Balaban J connectivity index is 1.84. The van der Waals surface area contributed by atoms with E-state index in [-0.39, 0.29) is 48.8 Å². The summed E-state index contributed by atoms with van der Waals surface area (Å²) in [5.74, 6) is -2.32. The van der Waals surface area contributed by atoms with Crippen LogP contribution < -0.4 is 4.90 Å². The molecule has 8 nitrogen and oxygen atoms in total. The van der Waals surface area contributed by atoms with E-state index in [2.05, 4.69) is 54.7 Å². The first kappa shape index (κ1) is 32.9. The van der Waals surface area contributed by atoms with E-state index >= 15 is 0 Å². The maximum absolute atomic E-state index is 14.9. The molecule has 0 aliphatic carbocycles. The van der Waals surface area contributed by atoms with Gasteiger partial charge in [-0.1, -0.05) is 58.0 Å². The Hall–Kier alpha value is -2.97. The van der Waals surface area contributed by atoms with Gasteiger partial charge in [0.15, 0.2) is 0 Å². The molecule has 0 aromatic heterocycles. The van der Waals surface area contributed by atoms with Crippen molar-refractivity contribution in [1.82, 2.24) is 9.80 Å². The summed E-state index contributed by atoms with van der Waals surface area (Å²) < 4.78 is 6.97. The predicted octanol–water partition coefficient (Wildman–Crippen LogP) is 4.83. The number of para-hydroxylation sites is 1. The molecule has 43 heavy (non-hydrogen) atoms. The van der Waals surface area contributed by atoms with Gasteiger partial charge < -0.3 is 24.5 Å². The van der Waals surface area contributed by atoms with Crippen LogP contribution in [0.5, 0.6) is 0 Å². The summed E-state index contributed by atoms with van der Waals surface area (Å²) >= 11 is 0. The molecule has 3 amide bonds. The van der Waals surface area contributed by atoms with Crippen LogP contribution in [0, 0.1) is 23.2 Å².